The van der Waals surface area contributed by atoms with Crippen LogP contribution in [0.5, 0.6) is 11.6 Å². The highest BCUT2D eigenvalue weighted by atomic mass is 19.4. The molecule has 0 bridgehead atoms. The normalized spacial score (nSPS) is 23.8. The van der Waals surface area contributed by atoms with Gasteiger partial charge in [0.1, 0.15) is 17.1 Å². The molecule has 0 spiro atoms. The van der Waals surface area contributed by atoms with Crippen LogP contribution < -0.4 is 4.74 Å². The van der Waals surface area contributed by atoms with Crippen molar-refractivity contribution in [1.29, 1.82) is 0 Å². The first kappa shape index (κ1) is 28.5. The fraction of sp³-hybridized carbons (Fsp3) is 0.481. The van der Waals surface area contributed by atoms with Crippen LogP contribution in [0.15, 0.2) is 36.2 Å². The van der Waals surface area contributed by atoms with Crippen molar-refractivity contribution in [2.45, 2.75) is 65.7 Å². The molecule has 1 aromatic heterocycles. The topological polar surface area (TPSA) is 59.4 Å². The largest absolute Gasteiger partial charge is 0.511 e. The Morgan fingerprint density at radius 3 is 2.30 bits per heavy atom. The minimum absolute atomic E-state index is 0.0513. The number of alkyl halides is 6. The number of rotatable bonds is 4. The first-order valence-corrected chi connectivity index (χ1v) is 12.0. The van der Waals surface area contributed by atoms with Crippen molar-refractivity contribution in [2.75, 3.05) is 0 Å². The average Bonchev–Trinajstić information content (AvgIpc) is 2.83. The number of ketones is 1. The number of allylic oxidation sites excluding steroid dienone is 2. The van der Waals surface area contributed by atoms with Crippen molar-refractivity contribution in [2.24, 2.45) is 17.8 Å². The number of aliphatic hydroxyl groups excluding tert-OH is 1. The number of benzene rings is 1. The Balaban J connectivity index is 2.14. The van der Waals surface area contributed by atoms with Crippen molar-refractivity contribution < 1.29 is 41.0 Å². The van der Waals surface area contributed by atoms with E-state index in [1.807, 2.05) is 27.7 Å². The fourth-order valence-corrected chi connectivity index (χ4v) is 4.41. The number of Topliss-reactive ketones (excluding diaryl/α,β-unsaturated/α-hetero) is 1. The molecule has 0 aliphatic heterocycles. The number of aromatic nitrogens is 1. The van der Waals surface area contributed by atoms with Crippen molar-refractivity contribution in [3.63, 3.8) is 0 Å². The number of aliphatic hydroxyl groups is 1. The van der Waals surface area contributed by atoms with E-state index in [9.17, 15) is 36.2 Å². The summed E-state index contributed by atoms with van der Waals surface area (Å²) >= 11 is 0. The van der Waals surface area contributed by atoms with Crippen LogP contribution in [0.3, 0.4) is 0 Å². The first-order chi connectivity index (χ1) is 17.1. The van der Waals surface area contributed by atoms with Crippen LogP contribution in [0.2, 0.25) is 0 Å². The smallest absolute Gasteiger partial charge is 0.421 e. The molecule has 4 nitrogen and oxygen atoms in total. The summed E-state index contributed by atoms with van der Waals surface area (Å²) in [6, 6.07) is 4.19. The zero-order valence-corrected chi connectivity index (χ0v) is 20.9. The molecule has 0 fully saturated rings. The zero-order valence-electron chi connectivity index (χ0n) is 20.9. The van der Waals surface area contributed by atoms with Crippen LogP contribution >= 0.6 is 0 Å². The lowest BCUT2D eigenvalue weighted by atomic mass is 9.85. The minimum Gasteiger partial charge on any atom is -0.511 e. The quantitative estimate of drug-likeness (QED) is 0.404. The number of aryl methyl sites for hydroxylation is 1. The second kappa shape index (κ2) is 10.8. The molecule has 2 aromatic rings. The Morgan fingerprint density at radius 1 is 1.03 bits per heavy atom. The third-order valence-corrected chi connectivity index (χ3v) is 6.90. The van der Waals surface area contributed by atoms with Crippen LogP contribution in [0, 0.1) is 17.8 Å². The molecule has 1 unspecified atom stereocenters. The number of carbonyl (C=O) groups excluding carboxylic acids is 1. The highest BCUT2D eigenvalue weighted by Crippen LogP contribution is 2.42. The van der Waals surface area contributed by atoms with E-state index in [-0.39, 0.29) is 59.3 Å². The summed E-state index contributed by atoms with van der Waals surface area (Å²) in [4.78, 5) is 16.6. The van der Waals surface area contributed by atoms with Gasteiger partial charge < -0.3 is 9.84 Å². The summed E-state index contributed by atoms with van der Waals surface area (Å²) in [5.41, 5.74) is -2.17. The van der Waals surface area contributed by atoms with Gasteiger partial charge in [0.05, 0.1) is 11.1 Å². The minimum atomic E-state index is -5.16. The van der Waals surface area contributed by atoms with Gasteiger partial charge in [0.15, 0.2) is 5.78 Å². The molecular formula is C27H29F6NO3. The zero-order chi connectivity index (χ0) is 27.7. The molecule has 10 heteroatoms. The number of pyridine rings is 1. The molecule has 0 saturated heterocycles. The molecule has 1 aliphatic rings. The monoisotopic (exact) mass is 529 g/mol. The molecule has 1 heterocycles. The Labute approximate surface area is 211 Å². The molecule has 3 atom stereocenters. The van der Waals surface area contributed by atoms with E-state index in [0.29, 0.717) is 17.5 Å². The third-order valence-electron chi connectivity index (χ3n) is 6.90. The number of hydrogen-bond donors (Lipinski definition) is 1. The van der Waals surface area contributed by atoms with Crippen LogP contribution in [0.25, 0.3) is 5.57 Å². The van der Waals surface area contributed by atoms with Gasteiger partial charge in [-0.15, -0.1) is 0 Å². The lowest BCUT2D eigenvalue weighted by molar-refractivity contribution is -0.144. The maximum atomic E-state index is 13.6. The average molecular weight is 530 g/mol. The molecule has 37 heavy (non-hydrogen) atoms. The first-order valence-electron chi connectivity index (χ1n) is 12.0. The summed E-state index contributed by atoms with van der Waals surface area (Å²) in [6.07, 6.45) is -7.65. The maximum absolute atomic E-state index is 13.6. The van der Waals surface area contributed by atoms with Gasteiger partial charge in [0.2, 0.25) is 5.88 Å². The molecule has 202 valence electrons. The van der Waals surface area contributed by atoms with E-state index >= 15 is 0 Å². The second-order valence-corrected chi connectivity index (χ2v) is 9.68. The van der Waals surface area contributed by atoms with Crippen LogP contribution in [0.4, 0.5) is 26.3 Å². The van der Waals surface area contributed by atoms with Gasteiger partial charge in [0, 0.05) is 18.5 Å². The van der Waals surface area contributed by atoms with Crippen LogP contribution in [0.1, 0.15) is 69.2 Å². The summed E-state index contributed by atoms with van der Waals surface area (Å²) in [5.74, 6) is -1.79. The summed E-state index contributed by atoms with van der Waals surface area (Å²) in [7, 11) is 0. The van der Waals surface area contributed by atoms with Gasteiger partial charge in [-0.05, 0) is 60.4 Å². The number of hydrogen-bond acceptors (Lipinski definition) is 4. The van der Waals surface area contributed by atoms with Crippen LogP contribution in [-0.2, 0) is 23.6 Å². The van der Waals surface area contributed by atoms with E-state index in [4.69, 9.17) is 4.74 Å². The predicted molar refractivity (Wildman–Crippen MR) is 126 cm³/mol. The van der Waals surface area contributed by atoms with Gasteiger partial charge in [-0.2, -0.15) is 26.3 Å². The highest BCUT2D eigenvalue weighted by Gasteiger charge is 2.40. The van der Waals surface area contributed by atoms with Crippen LogP contribution in [-0.4, -0.2) is 15.9 Å². The van der Waals surface area contributed by atoms with Crippen molar-refractivity contribution in [1.82, 2.24) is 4.98 Å². The predicted octanol–water partition coefficient (Wildman–Crippen LogP) is 8.40. The number of carbonyl (C=O) groups is 1. The molecular weight excluding hydrogens is 500 g/mol. The summed E-state index contributed by atoms with van der Waals surface area (Å²) in [6.45, 7) is 7.57. The SMILES string of the molecule is CCc1ccc(Oc2ncc(C(F)(F)F)cc2C(F)(F)F)cc1/C1=C(\O)C(C)[C@@H](C)CC[C@@H](C)CC1=O. The lowest BCUT2D eigenvalue weighted by Crippen LogP contribution is -2.15. The Kier molecular flexibility index (Phi) is 8.29. The van der Waals surface area contributed by atoms with Gasteiger partial charge in [0.25, 0.3) is 0 Å². The number of halogens is 6. The van der Waals surface area contributed by atoms with Crippen molar-refractivity contribution in [3.05, 3.63) is 58.5 Å². The molecule has 0 radical (unpaired) electrons. The third kappa shape index (κ3) is 6.45. The van der Waals surface area contributed by atoms with E-state index in [1.165, 1.54) is 12.1 Å². The Hall–Kier alpha value is -3.04. The Morgan fingerprint density at radius 2 is 1.70 bits per heavy atom. The maximum Gasteiger partial charge on any atom is 0.421 e. The van der Waals surface area contributed by atoms with Gasteiger partial charge in [-0.3, -0.25) is 4.79 Å². The summed E-state index contributed by atoms with van der Waals surface area (Å²) in [5, 5.41) is 11.2. The molecule has 1 N–H and O–H groups in total. The standard InChI is InChI=1S/C27H29F6NO3/c1-5-17-8-9-19(37-25-21(27(31,32)33)11-18(13-34-25)26(28,29)30)12-20(17)23-22(35)10-14(2)6-7-15(3)16(4)24(23)36/h8-9,11-16,36H,5-7,10H2,1-4H3/b24-23+/t14-,15+,16?/m1/s1. The Bertz CT molecular complexity index is 1190. The molecule has 1 aliphatic carbocycles. The molecule has 1 aromatic carbocycles. The fourth-order valence-electron chi connectivity index (χ4n) is 4.41. The van der Waals surface area contributed by atoms with Crippen molar-refractivity contribution >= 4 is 11.4 Å². The van der Waals surface area contributed by atoms with E-state index < -0.39 is 29.4 Å². The lowest BCUT2D eigenvalue weighted by Gasteiger charge is -2.22. The van der Waals surface area contributed by atoms with Gasteiger partial charge in [-0.1, -0.05) is 33.8 Å². The van der Waals surface area contributed by atoms with E-state index in [0.717, 1.165) is 12.8 Å². The van der Waals surface area contributed by atoms with E-state index in [2.05, 4.69) is 4.98 Å². The number of nitrogens with zero attached hydrogens (tertiary/aromatic N) is 1. The van der Waals surface area contributed by atoms with Gasteiger partial charge >= 0.3 is 12.4 Å². The van der Waals surface area contributed by atoms with Crippen molar-refractivity contribution in [3.8, 4) is 11.6 Å². The van der Waals surface area contributed by atoms with E-state index in [1.54, 1.807) is 6.07 Å². The highest BCUT2D eigenvalue weighted by molar-refractivity contribution is 6.21. The second-order valence-electron chi connectivity index (χ2n) is 9.68. The number of ether oxygens (including phenoxy) is 1. The van der Waals surface area contributed by atoms with Gasteiger partial charge in [-0.25, -0.2) is 4.98 Å². The molecule has 3 rings (SSSR count). The summed E-state index contributed by atoms with van der Waals surface area (Å²) < 4.78 is 85.1. The molecule has 0 amide bonds. The molecule has 0 saturated carbocycles.